The van der Waals surface area contributed by atoms with Crippen LogP contribution in [-0.2, 0) is 4.79 Å². The van der Waals surface area contributed by atoms with E-state index in [4.69, 9.17) is 46.4 Å². The highest BCUT2D eigenvalue weighted by molar-refractivity contribution is 6.70. The second-order valence-electron chi connectivity index (χ2n) is 6.27. The molecule has 162 valence electrons. The van der Waals surface area contributed by atoms with E-state index in [9.17, 15) is 14.0 Å². The third-order valence-corrected chi connectivity index (χ3v) is 5.80. The number of urea groups is 1. The summed E-state index contributed by atoms with van der Waals surface area (Å²) >= 11 is 24.4. The maximum Gasteiger partial charge on any atom is 0.337 e. The molecule has 0 N–H and O–H groups in total. The highest BCUT2D eigenvalue weighted by atomic mass is 35.6. The van der Waals surface area contributed by atoms with Crippen molar-refractivity contribution in [1.82, 2.24) is 9.80 Å². The quantitative estimate of drug-likeness (QED) is 0.301. The van der Waals surface area contributed by atoms with Crippen LogP contribution >= 0.6 is 46.4 Å². The van der Waals surface area contributed by atoms with Crippen LogP contribution in [0, 0.1) is 5.82 Å². The summed E-state index contributed by atoms with van der Waals surface area (Å²) in [4.78, 5) is 33.1. The van der Waals surface area contributed by atoms with Gasteiger partial charge in [-0.2, -0.15) is 0 Å². The first kappa shape index (κ1) is 24.6. The Bertz CT molecular complexity index is 864. The monoisotopic (exact) mass is 494 g/mol. The third kappa shape index (κ3) is 5.15. The van der Waals surface area contributed by atoms with Crippen LogP contribution in [0.2, 0.25) is 0 Å². The van der Waals surface area contributed by atoms with Crippen LogP contribution in [-0.4, -0.2) is 63.0 Å². The van der Waals surface area contributed by atoms with Crippen LogP contribution in [0.25, 0.3) is 0 Å². The van der Waals surface area contributed by atoms with Gasteiger partial charge in [-0.15, -0.1) is 24.8 Å². The zero-order valence-corrected chi connectivity index (χ0v) is 19.0. The normalized spacial score (nSPS) is 18.3. The Morgan fingerprint density at radius 3 is 2.27 bits per heavy atom. The van der Waals surface area contributed by atoms with E-state index in [2.05, 4.69) is 18.2 Å². The van der Waals surface area contributed by atoms with E-state index in [-0.39, 0.29) is 24.6 Å². The SMILES string of the molecule is C=CCN(CC=C)C(N=C1C(=O)N(C)C(=O)N1c1ccccc1F)C(Cl)C(Cl)(Cl)Cl. The van der Waals surface area contributed by atoms with E-state index in [0.717, 1.165) is 15.9 Å². The predicted molar refractivity (Wildman–Crippen MR) is 120 cm³/mol. The minimum absolute atomic E-state index is 0.142. The van der Waals surface area contributed by atoms with Crippen molar-refractivity contribution in [3.8, 4) is 0 Å². The van der Waals surface area contributed by atoms with Crippen molar-refractivity contribution in [2.75, 3.05) is 25.0 Å². The van der Waals surface area contributed by atoms with Gasteiger partial charge in [-0.25, -0.2) is 19.1 Å². The maximum absolute atomic E-state index is 14.4. The molecule has 6 nitrogen and oxygen atoms in total. The summed E-state index contributed by atoms with van der Waals surface area (Å²) in [5, 5.41) is -1.23. The van der Waals surface area contributed by atoms with Crippen molar-refractivity contribution in [2.24, 2.45) is 4.99 Å². The summed E-state index contributed by atoms with van der Waals surface area (Å²) in [6, 6.07) is 4.72. The minimum atomic E-state index is -1.96. The lowest BCUT2D eigenvalue weighted by atomic mass is 10.2. The highest BCUT2D eigenvalue weighted by Gasteiger charge is 2.46. The fourth-order valence-corrected chi connectivity index (χ4v) is 3.34. The average Bonchev–Trinajstić information content (AvgIpc) is 2.89. The number of benzene rings is 1. The van der Waals surface area contributed by atoms with Crippen LogP contribution in [0.5, 0.6) is 0 Å². The molecule has 1 aromatic rings. The number of amidine groups is 1. The number of carbonyl (C=O) groups is 2. The average molecular weight is 496 g/mol. The molecule has 1 aromatic carbocycles. The molecule has 1 aliphatic heterocycles. The van der Waals surface area contributed by atoms with Crippen molar-refractivity contribution in [3.05, 3.63) is 55.4 Å². The van der Waals surface area contributed by atoms with Gasteiger partial charge in [-0.3, -0.25) is 14.6 Å². The lowest BCUT2D eigenvalue weighted by Gasteiger charge is -2.33. The largest absolute Gasteiger partial charge is 0.337 e. The predicted octanol–water partition coefficient (Wildman–Crippen LogP) is 4.60. The van der Waals surface area contributed by atoms with Crippen LogP contribution in [0.3, 0.4) is 0 Å². The zero-order chi connectivity index (χ0) is 22.6. The fraction of sp³-hybridized carbons (Fsp3) is 0.316. The molecule has 1 saturated heterocycles. The Balaban J connectivity index is 2.66. The number of alkyl halides is 4. The lowest BCUT2D eigenvalue weighted by Crippen LogP contribution is -2.47. The summed E-state index contributed by atoms with van der Waals surface area (Å²) in [6.07, 6.45) is 2.06. The molecule has 0 saturated carbocycles. The number of halogens is 5. The number of para-hydroxylation sites is 1. The van der Waals surface area contributed by atoms with E-state index in [1.165, 1.54) is 25.2 Å². The molecular weight excluding hydrogens is 477 g/mol. The molecule has 0 aromatic heterocycles. The molecule has 2 unspecified atom stereocenters. The highest BCUT2D eigenvalue weighted by Crippen LogP contribution is 2.38. The van der Waals surface area contributed by atoms with Gasteiger partial charge in [-0.1, -0.05) is 59.1 Å². The molecule has 0 aliphatic carbocycles. The summed E-state index contributed by atoms with van der Waals surface area (Å²) in [5.74, 6) is -1.81. The van der Waals surface area contributed by atoms with Crippen molar-refractivity contribution in [3.63, 3.8) is 0 Å². The van der Waals surface area contributed by atoms with E-state index in [1.807, 2.05) is 0 Å². The Hall–Kier alpha value is -1.64. The van der Waals surface area contributed by atoms with Gasteiger partial charge in [0.2, 0.25) is 9.63 Å². The molecule has 3 amide bonds. The molecule has 1 fully saturated rings. The maximum atomic E-state index is 14.4. The number of hydrogen-bond acceptors (Lipinski definition) is 4. The summed E-state index contributed by atoms with van der Waals surface area (Å²) in [6.45, 7) is 7.87. The molecule has 2 atom stereocenters. The summed E-state index contributed by atoms with van der Waals surface area (Å²) in [5.41, 5.74) is -0.142. The first-order valence-corrected chi connectivity index (χ1v) is 10.2. The van der Waals surface area contributed by atoms with Crippen molar-refractivity contribution >= 4 is 69.9 Å². The Kier molecular flexibility index (Phi) is 8.30. The molecule has 1 aliphatic rings. The number of carbonyl (C=O) groups excluding carboxylic acids is 2. The smallest absolute Gasteiger partial charge is 0.273 e. The van der Waals surface area contributed by atoms with Gasteiger partial charge in [0.15, 0.2) is 0 Å². The van der Waals surface area contributed by atoms with Gasteiger partial charge >= 0.3 is 6.03 Å². The Morgan fingerprint density at radius 2 is 1.77 bits per heavy atom. The second kappa shape index (κ2) is 10.1. The standard InChI is InChI=1S/C19H19Cl4FN4O2/c1-4-10-27(11-5-2)15(14(20)19(21,22)23)25-16-17(29)26(3)18(30)28(16)13-9-7-6-8-12(13)24/h4-9,14-15H,1-2,10-11H2,3H3. The molecule has 0 bridgehead atoms. The topological polar surface area (TPSA) is 56.2 Å². The first-order valence-electron chi connectivity index (χ1n) is 8.65. The Labute approximate surface area is 194 Å². The van der Waals surface area contributed by atoms with Gasteiger partial charge < -0.3 is 0 Å². The summed E-state index contributed by atoms with van der Waals surface area (Å²) in [7, 11) is 1.26. The van der Waals surface area contributed by atoms with Gasteiger partial charge in [0, 0.05) is 20.1 Å². The molecule has 0 spiro atoms. The van der Waals surface area contributed by atoms with Gasteiger partial charge in [-0.05, 0) is 12.1 Å². The fourth-order valence-electron chi connectivity index (χ4n) is 2.78. The number of nitrogens with zero attached hydrogens (tertiary/aromatic N) is 4. The van der Waals surface area contributed by atoms with Crippen molar-refractivity contribution in [1.29, 1.82) is 0 Å². The molecule has 2 rings (SSSR count). The van der Waals surface area contributed by atoms with E-state index in [1.54, 1.807) is 17.1 Å². The number of rotatable bonds is 8. The van der Waals surface area contributed by atoms with Crippen LogP contribution in [0.4, 0.5) is 14.9 Å². The van der Waals surface area contributed by atoms with Crippen molar-refractivity contribution < 1.29 is 14.0 Å². The third-order valence-electron chi connectivity index (χ3n) is 4.21. The molecule has 30 heavy (non-hydrogen) atoms. The lowest BCUT2D eigenvalue weighted by molar-refractivity contribution is -0.119. The number of amides is 3. The van der Waals surface area contributed by atoms with Gasteiger partial charge in [0.25, 0.3) is 5.91 Å². The van der Waals surface area contributed by atoms with E-state index < -0.39 is 33.1 Å². The van der Waals surface area contributed by atoms with Crippen molar-refractivity contribution in [2.45, 2.75) is 15.3 Å². The van der Waals surface area contributed by atoms with E-state index in [0.29, 0.717) is 0 Å². The molecule has 11 heteroatoms. The van der Waals surface area contributed by atoms with E-state index >= 15 is 0 Å². The molecule has 1 heterocycles. The first-order chi connectivity index (χ1) is 14.0. The Morgan fingerprint density at radius 1 is 1.20 bits per heavy atom. The summed E-state index contributed by atoms with van der Waals surface area (Å²) < 4.78 is 12.5. The van der Waals surface area contributed by atoms with Gasteiger partial charge in [0.05, 0.1) is 5.69 Å². The van der Waals surface area contributed by atoms with Crippen LogP contribution in [0.15, 0.2) is 54.6 Å². The number of hydrogen-bond donors (Lipinski definition) is 0. The minimum Gasteiger partial charge on any atom is -0.273 e. The van der Waals surface area contributed by atoms with Gasteiger partial charge in [0.1, 0.15) is 17.4 Å². The van der Waals surface area contributed by atoms with Crippen LogP contribution < -0.4 is 4.90 Å². The second-order valence-corrected chi connectivity index (χ2v) is 9.11. The number of aliphatic imine (C=N–C) groups is 1. The molecular formula is C19H19Cl4FN4O2. The number of anilines is 1. The number of likely N-dealkylation sites (N-methyl/N-ethyl adjacent to an activating group) is 1. The van der Waals surface area contributed by atoms with Crippen LogP contribution in [0.1, 0.15) is 0 Å². The zero-order valence-electron chi connectivity index (χ0n) is 15.9. The molecule has 0 radical (unpaired) electrons. The number of imide groups is 1.